The van der Waals surface area contributed by atoms with E-state index in [9.17, 15) is 4.79 Å². The SMILES string of the molecule is Cn1nc(-c2ccccc2)cc1NC(N)=O. The first-order chi connectivity index (χ1) is 7.66. The molecule has 0 aliphatic rings. The van der Waals surface area contributed by atoms with E-state index in [1.165, 1.54) is 0 Å². The fraction of sp³-hybridized carbons (Fsp3) is 0.0909. The van der Waals surface area contributed by atoms with Crippen LogP contribution in [0.1, 0.15) is 0 Å². The van der Waals surface area contributed by atoms with Gasteiger partial charge in [-0.3, -0.25) is 10.00 Å². The summed E-state index contributed by atoms with van der Waals surface area (Å²) in [5.41, 5.74) is 6.84. The molecule has 1 aromatic carbocycles. The molecule has 0 aliphatic heterocycles. The number of rotatable bonds is 2. The summed E-state index contributed by atoms with van der Waals surface area (Å²) in [7, 11) is 1.75. The van der Waals surface area contributed by atoms with E-state index >= 15 is 0 Å². The minimum atomic E-state index is -0.595. The summed E-state index contributed by atoms with van der Waals surface area (Å²) < 4.78 is 1.58. The van der Waals surface area contributed by atoms with Crippen LogP contribution in [0.5, 0.6) is 0 Å². The molecule has 5 heteroatoms. The van der Waals surface area contributed by atoms with Crippen LogP contribution in [0.15, 0.2) is 36.4 Å². The number of aryl methyl sites for hydroxylation is 1. The third kappa shape index (κ3) is 2.03. The first-order valence-electron chi connectivity index (χ1n) is 4.83. The van der Waals surface area contributed by atoms with Gasteiger partial charge in [0.25, 0.3) is 0 Å². The molecule has 0 radical (unpaired) electrons. The van der Waals surface area contributed by atoms with Gasteiger partial charge in [-0.2, -0.15) is 5.10 Å². The molecule has 0 atom stereocenters. The van der Waals surface area contributed by atoms with Crippen molar-refractivity contribution in [3.63, 3.8) is 0 Å². The second kappa shape index (κ2) is 4.06. The van der Waals surface area contributed by atoms with Crippen molar-refractivity contribution in [2.75, 3.05) is 5.32 Å². The standard InChI is InChI=1S/C11H12N4O/c1-15-10(13-11(12)16)7-9(14-15)8-5-3-2-4-6-8/h2-7H,1H3,(H3,12,13,16). The Morgan fingerprint density at radius 2 is 2.06 bits per heavy atom. The van der Waals surface area contributed by atoms with E-state index in [4.69, 9.17) is 5.73 Å². The molecule has 3 N–H and O–H groups in total. The first kappa shape index (κ1) is 10.2. The summed E-state index contributed by atoms with van der Waals surface area (Å²) >= 11 is 0. The zero-order valence-electron chi connectivity index (χ0n) is 8.84. The lowest BCUT2D eigenvalue weighted by Gasteiger charge is -1.99. The van der Waals surface area contributed by atoms with Crippen LogP contribution in [0.4, 0.5) is 10.6 Å². The molecule has 5 nitrogen and oxygen atoms in total. The van der Waals surface area contributed by atoms with Crippen molar-refractivity contribution in [3.05, 3.63) is 36.4 Å². The largest absolute Gasteiger partial charge is 0.351 e. The Bertz CT molecular complexity index is 504. The number of aromatic nitrogens is 2. The fourth-order valence-corrected chi connectivity index (χ4v) is 1.46. The average molecular weight is 216 g/mol. The maximum atomic E-state index is 10.7. The number of nitrogens with zero attached hydrogens (tertiary/aromatic N) is 2. The summed E-state index contributed by atoms with van der Waals surface area (Å²) in [6, 6.07) is 10.9. The van der Waals surface area contributed by atoms with Gasteiger partial charge in [0.1, 0.15) is 5.82 Å². The minimum Gasteiger partial charge on any atom is -0.351 e. The van der Waals surface area contributed by atoms with Crippen molar-refractivity contribution in [3.8, 4) is 11.3 Å². The van der Waals surface area contributed by atoms with Gasteiger partial charge in [0, 0.05) is 18.7 Å². The molecule has 0 fully saturated rings. The van der Waals surface area contributed by atoms with Crippen molar-refractivity contribution in [1.29, 1.82) is 0 Å². The van der Waals surface area contributed by atoms with Gasteiger partial charge in [-0.15, -0.1) is 0 Å². The Kier molecular flexibility index (Phi) is 2.59. The summed E-state index contributed by atoms with van der Waals surface area (Å²) in [4.78, 5) is 10.7. The molecule has 2 aromatic rings. The van der Waals surface area contributed by atoms with Gasteiger partial charge in [-0.25, -0.2) is 4.79 Å². The zero-order chi connectivity index (χ0) is 11.5. The zero-order valence-corrected chi connectivity index (χ0v) is 8.84. The third-order valence-electron chi connectivity index (χ3n) is 2.20. The number of benzene rings is 1. The number of hydrogen-bond donors (Lipinski definition) is 2. The van der Waals surface area contributed by atoms with Crippen LogP contribution in [-0.2, 0) is 7.05 Å². The van der Waals surface area contributed by atoms with Gasteiger partial charge in [-0.05, 0) is 0 Å². The van der Waals surface area contributed by atoms with E-state index in [1.54, 1.807) is 17.8 Å². The summed E-state index contributed by atoms with van der Waals surface area (Å²) in [5, 5.41) is 6.78. The molecule has 1 aromatic heterocycles. The maximum Gasteiger partial charge on any atom is 0.317 e. The number of nitrogens with one attached hydrogen (secondary N) is 1. The van der Waals surface area contributed by atoms with Gasteiger partial charge in [0.2, 0.25) is 0 Å². The molecule has 16 heavy (non-hydrogen) atoms. The van der Waals surface area contributed by atoms with E-state index in [2.05, 4.69) is 10.4 Å². The number of hydrogen-bond acceptors (Lipinski definition) is 2. The van der Waals surface area contributed by atoms with Crippen molar-refractivity contribution in [1.82, 2.24) is 9.78 Å². The number of primary amides is 1. The molecule has 0 saturated heterocycles. The Morgan fingerprint density at radius 3 is 2.69 bits per heavy atom. The van der Waals surface area contributed by atoms with Gasteiger partial charge in [-0.1, -0.05) is 30.3 Å². The van der Waals surface area contributed by atoms with Gasteiger partial charge in [0.05, 0.1) is 5.69 Å². The van der Waals surface area contributed by atoms with Gasteiger partial charge >= 0.3 is 6.03 Å². The predicted molar refractivity (Wildman–Crippen MR) is 61.9 cm³/mol. The van der Waals surface area contributed by atoms with Crippen LogP contribution < -0.4 is 11.1 Å². The van der Waals surface area contributed by atoms with Crippen LogP contribution in [0, 0.1) is 0 Å². The lowest BCUT2D eigenvalue weighted by atomic mass is 10.2. The quantitative estimate of drug-likeness (QED) is 0.799. The fourth-order valence-electron chi connectivity index (χ4n) is 1.46. The third-order valence-corrected chi connectivity index (χ3v) is 2.20. The topological polar surface area (TPSA) is 72.9 Å². The van der Waals surface area contributed by atoms with E-state index < -0.39 is 6.03 Å². The van der Waals surface area contributed by atoms with E-state index in [0.717, 1.165) is 11.3 Å². The highest BCUT2D eigenvalue weighted by Gasteiger charge is 2.07. The second-order valence-corrected chi connectivity index (χ2v) is 3.39. The van der Waals surface area contributed by atoms with Crippen molar-refractivity contribution >= 4 is 11.8 Å². The minimum absolute atomic E-state index is 0.575. The normalized spacial score (nSPS) is 10.1. The Hall–Kier alpha value is -2.30. The monoisotopic (exact) mass is 216 g/mol. The molecule has 0 saturated carbocycles. The van der Waals surface area contributed by atoms with E-state index in [0.29, 0.717) is 5.82 Å². The molecule has 1 heterocycles. The molecule has 2 amide bonds. The van der Waals surface area contributed by atoms with Crippen LogP contribution in [0.25, 0.3) is 11.3 Å². The molecular weight excluding hydrogens is 204 g/mol. The van der Waals surface area contributed by atoms with Crippen LogP contribution in [-0.4, -0.2) is 15.8 Å². The summed E-state index contributed by atoms with van der Waals surface area (Å²) in [6.07, 6.45) is 0. The lowest BCUT2D eigenvalue weighted by molar-refractivity contribution is 0.259. The lowest BCUT2D eigenvalue weighted by Crippen LogP contribution is -2.20. The van der Waals surface area contributed by atoms with Crippen molar-refractivity contribution < 1.29 is 4.79 Å². The smallest absolute Gasteiger partial charge is 0.317 e. The highest BCUT2D eigenvalue weighted by molar-refractivity contribution is 5.87. The summed E-state index contributed by atoms with van der Waals surface area (Å²) in [5.74, 6) is 0.575. The van der Waals surface area contributed by atoms with Gasteiger partial charge < -0.3 is 5.73 Å². The van der Waals surface area contributed by atoms with Crippen LogP contribution in [0.2, 0.25) is 0 Å². The van der Waals surface area contributed by atoms with Crippen molar-refractivity contribution in [2.24, 2.45) is 12.8 Å². The highest BCUT2D eigenvalue weighted by Crippen LogP contribution is 2.20. The molecule has 82 valence electrons. The highest BCUT2D eigenvalue weighted by atomic mass is 16.2. The van der Waals surface area contributed by atoms with Crippen molar-refractivity contribution in [2.45, 2.75) is 0 Å². The second-order valence-electron chi connectivity index (χ2n) is 3.39. The van der Waals surface area contributed by atoms with Gasteiger partial charge in [0.15, 0.2) is 0 Å². The number of anilines is 1. The van der Waals surface area contributed by atoms with E-state index in [-0.39, 0.29) is 0 Å². The molecular formula is C11H12N4O. The Morgan fingerprint density at radius 1 is 1.38 bits per heavy atom. The molecule has 0 aliphatic carbocycles. The van der Waals surface area contributed by atoms with Crippen LogP contribution in [0.3, 0.4) is 0 Å². The molecule has 0 unspecified atom stereocenters. The average Bonchev–Trinajstić information content (AvgIpc) is 2.61. The molecule has 0 spiro atoms. The maximum absolute atomic E-state index is 10.7. The first-order valence-corrected chi connectivity index (χ1v) is 4.83. The number of carbonyl (C=O) groups excluding carboxylic acids is 1. The molecule has 2 rings (SSSR count). The molecule has 0 bridgehead atoms. The number of amides is 2. The number of nitrogens with two attached hydrogens (primary N) is 1. The Labute approximate surface area is 92.9 Å². The van der Waals surface area contributed by atoms with Crippen LogP contribution >= 0.6 is 0 Å². The number of carbonyl (C=O) groups is 1. The Balaban J connectivity index is 2.34. The summed E-state index contributed by atoms with van der Waals surface area (Å²) in [6.45, 7) is 0. The number of urea groups is 1. The van der Waals surface area contributed by atoms with E-state index in [1.807, 2.05) is 30.3 Å². The predicted octanol–water partition coefficient (Wildman–Crippen LogP) is 1.58.